The lowest BCUT2D eigenvalue weighted by Gasteiger charge is -2.23. The van der Waals surface area contributed by atoms with Crippen molar-refractivity contribution in [3.05, 3.63) is 89.5 Å². The lowest BCUT2D eigenvalue weighted by molar-refractivity contribution is -0.121. The van der Waals surface area contributed by atoms with Crippen molar-refractivity contribution in [2.75, 3.05) is 19.5 Å². The molecule has 2 atom stereocenters. The minimum absolute atomic E-state index is 0.0120. The molecule has 0 unspecified atom stereocenters. The highest BCUT2D eigenvalue weighted by Crippen LogP contribution is 2.39. The number of thioether (sulfide) groups is 1. The Bertz CT molecular complexity index is 1390. The Balaban J connectivity index is 1.33. The zero-order valence-electron chi connectivity index (χ0n) is 21.4. The second-order valence-electron chi connectivity index (χ2n) is 9.07. The molecule has 0 spiro atoms. The second kappa shape index (κ2) is 11.1. The van der Waals surface area contributed by atoms with E-state index in [1.807, 2.05) is 36.2 Å². The van der Waals surface area contributed by atoms with Crippen LogP contribution in [0.3, 0.4) is 0 Å². The Morgan fingerprint density at radius 3 is 2.24 bits per heavy atom. The fourth-order valence-corrected chi connectivity index (χ4v) is 5.41. The summed E-state index contributed by atoms with van der Waals surface area (Å²) in [5.41, 5.74) is 4.80. The van der Waals surface area contributed by atoms with Gasteiger partial charge >= 0.3 is 0 Å². The molecule has 3 aromatic carbocycles. The summed E-state index contributed by atoms with van der Waals surface area (Å²) in [5, 5.41) is 9.45. The van der Waals surface area contributed by atoms with E-state index < -0.39 is 5.25 Å². The van der Waals surface area contributed by atoms with Crippen LogP contribution in [0, 0.1) is 6.92 Å². The Morgan fingerprint density at radius 1 is 0.974 bits per heavy atom. The van der Waals surface area contributed by atoms with Gasteiger partial charge in [0.25, 0.3) is 5.91 Å². The number of anilines is 1. The van der Waals surface area contributed by atoms with Crippen LogP contribution in [-0.2, 0) is 9.59 Å². The van der Waals surface area contributed by atoms with Crippen LogP contribution < -0.4 is 14.8 Å². The Hall–Kier alpha value is -4.11. The average molecular weight is 529 g/mol. The van der Waals surface area contributed by atoms with Crippen molar-refractivity contribution in [3.63, 3.8) is 0 Å². The van der Waals surface area contributed by atoms with Crippen molar-refractivity contribution in [1.82, 2.24) is 5.01 Å². The third kappa shape index (κ3) is 5.57. The summed E-state index contributed by atoms with van der Waals surface area (Å²) in [6.45, 7) is 2.05. The molecule has 2 heterocycles. The van der Waals surface area contributed by atoms with Crippen molar-refractivity contribution < 1.29 is 19.1 Å². The number of aryl methyl sites for hydroxylation is 1. The van der Waals surface area contributed by atoms with Crippen LogP contribution in [0.25, 0.3) is 0 Å². The molecule has 0 bridgehead atoms. The van der Waals surface area contributed by atoms with Crippen LogP contribution in [0.4, 0.5) is 5.69 Å². The van der Waals surface area contributed by atoms with Gasteiger partial charge in [0.05, 0.1) is 26.0 Å². The van der Waals surface area contributed by atoms with E-state index in [1.54, 1.807) is 38.5 Å². The van der Waals surface area contributed by atoms with E-state index in [2.05, 4.69) is 34.6 Å². The molecule has 5 rings (SSSR count). The first-order chi connectivity index (χ1) is 18.4. The maximum absolute atomic E-state index is 12.8. The van der Waals surface area contributed by atoms with E-state index >= 15 is 0 Å². The van der Waals surface area contributed by atoms with Crippen LogP contribution >= 0.6 is 11.8 Å². The van der Waals surface area contributed by atoms with Gasteiger partial charge in [0.15, 0.2) is 5.17 Å². The van der Waals surface area contributed by atoms with Crippen molar-refractivity contribution in [2.45, 2.75) is 31.1 Å². The van der Waals surface area contributed by atoms with Crippen LogP contribution in [0.2, 0.25) is 0 Å². The summed E-state index contributed by atoms with van der Waals surface area (Å²) >= 11 is 1.28. The summed E-state index contributed by atoms with van der Waals surface area (Å²) in [6.07, 6.45) is 0.671. The number of aliphatic imine (C=N–C) groups is 1. The number of hydrogen-bond acceptors (Lipinski definition) is 7. The first-order valence-electron chi connectivity index (χ1n) is 12.2. The molecule has 38 heavy (non-hydrogen) atoms. The van der Waals surface area contributed by atoms with Gasteiger partial charge in [-0.25, -0.2) is 5.01 Å². The lowest BCUT2D eigenvalue weighted by Crippen LogP contribution is -2.25. The molecule has 2 aliphatic rings. The van der Waals surface area contributed by atoms with Gasteiger partial charge in [0.1, 0.15) is 16.7 Å². The highest BCUT2D eigenvalue weighted by molar-refractivity contribution is 8.15. The summed E-state index contributed by atoms with van der Waals surface area (Å²) in [5.74, 6) is 0.880. The highest BCUT2D eigenvalue weighted by Gasteiger charge is 2.39. The first kappa shape index (κ1) is 25.5. The molecule has 2 amide bonds. The smallest absolute Gasteiger partial charge is 0.262 e. The minimum atomic E-state index is -0.613. The summed E-state index contributed by atoms with van der Waals surface area (Å²) < 4.78 is 10.5. The van der Waals surface area contributed by atoms with E-state index in [0.717, 1.165) is 22.6 Å². The van der Waals surface area contributed by atoms with E-state index in [1.165, 1.54) is 17.3 Å². The van der Waals surface area contributed by atoms with Crippen molar-refractivity contribution >= 4 is 40.1 Å². The van der Waals surface area contributed by atoms with Gasteiger partial charge < -0.3 is 14.8 Å². The molecule has 1 N–H and O–H groups in total. The number of ether oxygens (including phenoxy) is 2. The monoisotopic (exact) mass is 528 g/mol. The van der Waals surface area contributed by atoms with Gasteiger partial charge in [0.2, 0.25) is 5.91 Å². The molecule has 0 saturated heterocycles. The molecule has 194 valence electrons. The predicted octanol–water partition coefficient (Wildman–Crippen LogP) is 5.19. The Morgan fingerprint density at radius 2 is 1.61 bits per heavy atom. The number of nitrogens with zero attached hydrogens (tertiary/aromatic N) is 3. The molecule has 0 aliphatic carbocycles. The number of carbonyl (C=O) groups excluding carboxylic acids is 2. The number of hydrazone groups is 1. The Kier molecular flexibility index (Phi) is 7.46. The molecule has 0 radical (unpaired) electrons. The number of amidine groups is 1. The summed E-state index contributed by atoms with van der Waals surface area (Å²) in [6, 6.07) is 23.0. The largest absolute Gasteiger partial charge is 0.497 e. The van der Waals surface area contributed by atoms with Gasteiger partial charge in [-0.15, -0.1) is 0 Å². The fourth-order valence-electron chi connectivity index (χ4n) is 4.35. The molecule has 8 nitrogen and oxygen atoms in total. The first-order valence-corrected chi connectivity index (χ1v) is 13.1. The standard InChI is InChI=1S/C29H28N4O4S/c1-18-4-6-19(7-5-18)24-16-25(20-8-12-22(36-2)13-9-20)33(32-24)29-31-28(35)26(38-29)17-27(34)30-21-10-14-23(37-3)15-11-21/h4-15,25-26H,16-17H2,1-3H3,(H,30,34)/t25-,26+/m0/s1. The van der Waals surface area contributed by atoms with Crippen molar-refractivity contribution in [1.29, 1.82) is 0 Å². The van der Waals surface area contributed by atoms with Gasteiger partial charge in [-0.1, -0.05) is 53.7 Å². The third-order valence-corrected chi connectivity index (χ3v) is 7.61. The normalized spacial score (nSPS) is 18.7. The molecule has 0 fully saturated rings. The predicted molar refractivity (Wildman–Crippen MR) is 150 cm³/mol. The number of hydrogen-bond donors (Lipinski definition) is 1. The van der Waals surface area contributed by atoms with Gasteiger partial charge in [-0.2, -0.15) is 10.1 Å². The zero-order valence-corrected chi connectivity index (χ0v) is 22.2. The molecule has 0 saturated carbocycles. The maximum atomic E-state index is 12.8. The van der Waals surface area contributed by atoms with E-state index in [0.29, 0.717) is 23.0 Å². The number of carbonyl (C=O) groups is 2. The topological polar surface area (TPSA) is 92.6 Å². The second-order valence-corrected chi connectivity index (χ2v) is 10.2. The van der Waals surface area contributed by atoms with Crippen molar-refractivity contribution in [3.8, 4) is 11.5 Å². The lowest BCUT2D eigenvalue weighted by atomic mass is 9.98. The van der Waals surface area contributed by atoms with Crippen LogP contribution in [0.15, 0.2) is 82.9 Å². The zero-order chi connectivity index (χ0) is 26.6. The summed E-state index contributed by atoms with van der Waals surface area (Å²) in [4.78, 5) is 29.9. The summed E-state index contributed by atoms with van der Waals surface area (Å²) in [7, 11) is 3.22. The molecular weight excluding hydrogens is 500 g/mol. The molecule has 2 aliphatic heterocycles. The molecule has 9 heteroatoms. The van der Waals surface area contributed by atoms with Gasteiger partial charge in [-0.05, 0) is 54.4 Å². The van der Waals surface area contributed by atoms with Crippen LogP contribution in [0.1, 0.15) is 35.6 Å². The van der Waals surface area contributed by atoms with E-state index in [4.69, 9.17) is 14.6 Å². The quantitative estimate of drug-likeness (QED) is 0.454. The fraction of sp³-hybridized carbons (Fsp3) is 0.241. The van der Waals surface area contributed by atoms with Crippen molar-refractivity contribution in [2.24, 2.45) is 10.1 Å². The minimum Gasteiger partial charge on any atom is -0.497 e. The number of rotatable bonds is 7. The molecule has 3 aromatic rings. The number of nitrogens with one attached hydrogen (secondary N) is 1. The number of benzene rings is 3. The number of methoxy groups -OCH3 is 2. The van der Waals surface area contributed by atoms with E-state index in [-0.39, 0.29) is 24.3 Å². The van der Waals surface area contributed by atoms with E-state index in [9.17, 15) is 9.59 Å². The van der Waals surface area contributed by atoms with Gasteiger partial charge in [-0.3, -0.25) is 9.59 Å². The van der Waals surface area contributed by atoms with Crippen LogP contribution in [0.5, 0.6) is 11.5 Å². The molecule has 0 aromatic heterocycles. The number of amides is 2. The van der Waals surface area contributed by atoms with Crippen LogP contribution in [-0.4, -0.2) is 47.2 Å². The highest BCUT2D eigenvalue weighted by atomic mass is 32.2. The Labute approximate surface area is 225 Å². The average Bonchev–Trinajstić information content (AvgIpc) is 3.53. The van der Waals surface area contributed by atoms with Gasteiger partial charge in [0, 0.05) is 18.5 Å². The molecular formula is C29H28N4O4S. The SMILES string of the molecule is COc1ccc(NC(=O)C[C@H]2SC(N3N=C(c4ccc(C)cc4)C[C@H]3c3ccc(OC)cc3)=NC2=O)cc1. The third-order valence-electron chi connectivity index (χ3n) is 6.47. The maximum Gasteiger partial charge on any atom is 0.262 e.